The molecule has 25 heteroatoms. The van der Waals surface area contributed by atoms with E-state index in [9.17, 15) is 57.8 Å². The lowest BCUT2D eigenvalue weighted by atomic mass is 10.1. The van der Waals surface area contributed by atoms with Gasteiger partial charge in [-0.05, 0) is 84.7 Å². The topological polar surface area (TPSA) is 437 Å². The van der Waals surface area contributed by atoms with Crippen LogP contribution in [-0.4, -0.2) is 142 Å². The van der Waals surface area contributed by atoms with Crippen molar-refractivity contribution in [3.8, 4) is 0 Å². The van der Waals surface area contributed by atoms with Crippen LogP contribution in [-0.2, 0) is 52.7 Å². The Labute approximate surface area is 346 Å². The van der Waals surface area contributed by atoms with E-state index in [1.54, 1.807) is 0 Å². The highest BCUT2D eigenvalue weighted by molar-refractivity contribution is 5.96. The lowest BCUT2D eigenvalue weighted by molar-refractivity contribution is -0.143. The van der Waals surface area contributed by atoms with Crippen LogP contribution in [0.4, 0.5) is 0 Å². The van der Waals surface area contributed by atoms with Gasteiger partial charge in [-0.3, -0.25) is 47.9 Å². The highest BCUT2D eigenvalue weighted by Crippen LogP contribution is 2.06. The van der Waals surface area contributed by atoms with Crippen molar-refractivity contribution >= 4 is 65.2 Å². The first-order valence-electron chi connectivity index (χ1n) is 19.3. The monoisotopic (exact) mass is 859 g/mol. The fourth-order valence-electron chi connectivity index (χ4n) is 5.18. The van der Waals surface area contributed by atoms with E-state index in [0.717, 1.165) is 0 Å². The molecule has 0 radical (unpaired) electrons. The Bertz CT molecular complexity index is 1510. The van der Waals surface area contributed by atoms with E-state index < -0.39 is 133 Å². The molecule has 0 heterocycles. The molecule has 340 valence electrons. The summed E-state index contributed by atoms with van der Waals surface area (Å²) in [5, 5.41) is 43.6. The van der Waals surface area contributed by atoms with Crippen LogP contribution < -0.4 is 60.2 Å². The third-order valence-corrected chi connectivity index (χ3v) is 8.69. The maximum Gasteiger partial charge on any atom is 0.326 e. The molecule has 0 aromatic carbocycles. The van der Waals surface area contributed by atoms with Gasteiger partial charge in [-0.2, -0.15) is 0 Å². The highest BCUT2D eigenvalue weighted by Gasteiger charge is 2.31. The van der Waals surface area contributed by atoms with Crippen LogP contribution in [0, 0.1) is 0 Å². The van der Waals surface area contributed by atoms with Gasteiger partial charge < -0.3 is 75.5 Å². The zero-order chi connectivity index (χ0) is 45.9. The standard InChI is InChI=1S/C35H61N11O14/c1-18(41-31(55)20(38)9-13-27(49)50)29(53)44-21(7-3-5-15-36)32(56)40-17-26(48)43-22(8-4-6-16-37)33(57)42-19(2)30(54)45-23(10-12-25(39)47)34(58)46-24(35(59)60)11-14-28(51)52/h18-24H,3-17,36-38H2,1-2H3,(H2,39,47)(H,40,56)(H,41,55)(H,42,57)(H,43,48)(H,44,53)(H,45,54)(H,46,58)(H,49,50)(H,51,52)(H,59,60)/t18-,19-,20-,21-,22-,23-,24-/m0/s1. The fourth-order valence-corrected chi connectivity index (χ4v) is 5.18. The van der Waals surface area contributed by atoms with Crippen LogP contribution in [0.25, 0.3) is 0 Å². The van der Waals surface area contributed by atoms with Crippen molar-refractivity contribution in [3.63, 3.8) is 0 Å². The minimum Gasteiger partial charge on any atom is -0.481 e. The van der Waals surface area contributed by atoms with E-state index in [4.69, 9.17) is 33.1 Å². The number of rotatable bonds is 32. The van der Waals surface area contributed by atoms with Gasteiger partial charge in [0.1, 0.15) is 36.3 Å². The normalized spacial score (nSPS) is 14.3. The highest BCUT2D eigenvalue weighted by atomic mass is 16.4. The average Bonchev–Trinajstić information content (AvgIpc) is 3.17. The molecular formula is C35H61N11O14. The SMILES string of the molecule is C[C@H](NC(=O)[C@H](CCCCN)NC(=O)CNC(=O)[C@H](CCCCN)NC(=O)[C@H](C)NC(=O)[C@@H](N)CCC(=O)O)C(=O)N[C@@H](CCC(N)=O)C(=O)N[C@@H](CCC(=O)O)C(=O)O. The molecule has 0 aliphatic rings. The van der Waals surface area contributed by atoms with Crippen LogP contribution in [0.1, 0.15) is 90.9 Å². The van der Waals surface area contributed by atoms with Crippen molar-refractivity contribution in [2.24, 2.45) is 22.9 Å². The molecule has 0 aromatic heterocycles. The number of carboxylic acid groups (broad SMARTS) is 3. The van der Waals surface area contributed by atoms with Crippen LogP contribution in [0.3, 0.4) is 0 Å². The molecule has 25 nitrogen and oxygen atoms in total. The number of nitrogens with two attached hydrogens (primary N) is 4. The fraction of sp³-hybridized carbons (Fsp3) is 0.686. The minimum atomic E-state index is -1.64. The summed E-state index contributed by atoms with van der Waals surface area (Å²) in [5.41, 5.74) is 22.0. The number of primary amides is 1. The summed E-state index contributed by atoms with van der Waals surface area (Å²) in [6.07, 6.45) is -0.614. The number of hydrogen-bond donors (Lipinski definition) is 14. The van der Waals surface area contributed by atoms with E-state index in [-0.39, 0.29) is 45.2 Å². The van der Waals surface area contributed by atoms with Crippen LogP contribution in [0.2, 0.25) is 0 Å². The summed E-state index contributed by atoms with van der Waals surface area (Å²) in [7, 11) is 0. The molecule has 18 N–H and O–H groups in total. The van der Waals surface area contributed by atoms with Gasteiger partial charge in [-0.25, -0.2) is 4.79 Å². The Kier molecular flexibility index (Phi) is 26.4. The van der Waals surface area contributed by atoms with E-state index in [2.05, 4.69) is 37.2 Å². The predicted molar refractivity (Wildman–Crippen MR) is 210 cm³/mol. The second kappa shape index (κ2) is 29.3. The molecule has 60 heavy (non-hydrogen) atoms. The van der Waals surface area contributed by atoms with Crippen molar-refractivity contribution in [2.75, 3.05) is 19.6 Å². The Morgan fingerprint density at radius 3 is 1.37 bits per heavy atom. The summed E-state index contributed by atoms with van der Waals surface area (Å²) >= 11 is 0. The largest absolute Gasteiger partial charge is 0.481 e. The first-order valence-corrected chi connectivity index (χ1v) is 19.3. The molecule has 0 bridgehead atoms. The zero-order valence-corrected chi connectivity index (χ0v) is 33.8. The molecule has 0 rings (SSSR count). The van der Waals surface area contributed by atoms with Crippen LogP contribution in [0.15, 0.2) is 0 Å². The van der Waals surface area contributed by atoms with E-state index in [1.807, 2.05) is 0 Å². The molecule has 0 fully saturated rings. The summed E-state index contributed by atoms with van der Waals surface area (Å²) in [6.45, 7) is 2.43. The van der Waals surface area contributed by atoms with Gasteiger partial charge in [-0.1, -0.05) is 0 Å². The van der Waals surface area contributed by atoms with Crippen molar-refractivity contribution in [2.45, 2.75) is 133 Å². The van der Waals surface area contributed by atoms with Gasteiger partial charge in [0, 0.05) is 19.3 Å². The second-order valence-corrected chi connectivity index (χ2v) is 13.9. The smallest absolute Gasteiger partial charge is 0.326 e. The summed E-state index contributed by atoms with van der Waals surface area (Å²) < 4.78 is 0. The van der Waals surface area contributed by atoms with Gasteiger partial charge in [0.05, 0.1) is 12.6 Å². The number of hydrogen-bond acceptors (Lipinski definition) is 14. The Balaban J connectivity index is 5.71. The Hall–Kier alpha value is -5.95. The number of unbranched alkanes of at least 4 members (excludes halogenated alkanes) is 2. The van der Waals surface area contributed by atoms with Crippen LogP contribution in [0.5, 0.6) is 0 Å². The third-order valence-electron chi connectivity index (χ3n) is 8.69. The Morgan fingerprint density at radius 2 is 0.900 bits per heavy atom. The first-order chi connectivity index (χ1) is 28.1. The molecule has 8 amide bonds. The van der Waals surface area contributed by atoms with Crippen molar-refractivity contribution in [1.82, 2.24) is 37.2 Å². The molecule has 0 aliphatic heterocycles. The predicted octanol–water partition coefficient (Wildman–Crippen LogP) is -5.28. The van der Waals surface area contributed by atoms with Crippen molar-refractivity contribution < 1.29 is 68.1 Å². The van der Waals surface area contributed by atoms with E-state index in [1.165, 1.54) is 13.8 Å². The quantitative estimate of drug-likeness (QED) is 0.0281. The second-order valence-electron chi connectivity index (χ2n) is 13.9. The molecule has 0 saturated carbocycles. The maximum atomic E-state index is 13.3. The molecule has 0 unspecified atom stereocenters. The van der Waals surface area contributed by atoms with Crippen molar-refractivity contribution in [3.05, 3.63) is 0 Å². The number of carbonyl (C=O) groups excluding carboxylic acids is 8. The molecule has 0 aliphatic carbocycles. The van der Waals surface area contributed by atoms with Crippen molar-refractivity contribution in [1.29, 1.82) is 0 Å². The number of nitrogens with one attached hydrogen (secondary N) is 7. The molecule has 0 spiro atoms. The Morgan fingerprint density at radius 1 is 0.483 bits per heavy atom. The van der Waals surface area contributed by atoms with Crippen LogP contribution >= 0.6 is 0 Å². The van der Waals surface area contributed by atoms with Gasteiger partial charge in [-0.15, -0.1) is 0 Å². The first kappa shape index (κ1) is 54.0. The molecular weight excluding hydrogens is 798 g/mol. The summed E-state index contributed by atoms with van der Waals surface area (Å²) in [6, 6.07) is -9.38. The maximum absolute atomic E-state index is 13.3. The van der Waals surface area contributed by atoms with Gasteiger partial charge in [0.2, 0.25) is 47.3 Å². The summed E-state index contributed by atoms with van der Waals surface area (Å²) in [5.74, 6) is -10.9. The number of aliphatic carboxylic acids is 3. The van der Waals surface area contributed by atoms with E-state index in [0.29, 0.717) is 25.7 Å². The lowest BCUT2D eigenvalue weighted by Gasteiger charge is -2.24. The average molecular weight is 860 g/mol. The van der Waals surface area contributed by atoms with Gasteiger partial charge in [0.25, 0.3) is 0 Å². The van der Waals surface area contributed by atoms with E-state index >= 15 is 0 Å². The minimum absolute atomic E-state index is 0.0367. The number of amides is 8. The number of carbonyl (C=O) groups is 11. The van der Waals surface area contributed by atoms with Gasteiger partial charge >= 0.3 is 17.9 Å². The van der Waals surface area contributed by atoms with Gasteiger partial charge in [0.15, 0.2) is 0 Å². The lowest BCUT2D eigenvalue weighted by Crippen LogP contribution is -2.57. The molecule has 0 aromatic rings. The molecule has 7 atom stereocenters. The zero-order valence-electron chi connectivity index (χ0n) is 33.8. The third kappa shape index (κ3) is 23.5. The summed E-state index contributed by atoms with van der Waals surface area (Å²) in [4.78, 5) is 136. The number of carboxylic acids is 3. The molecule has 0 saturated heterocycles.